The number of furan rings is 1. The molecule has 2 aromatic carbocycles. The number of carbonyl (C=O) groups is 1. The number of fused-ring (bicyclic) bond motifs is 1. The number of benzene rings is 2. The van der Waals surface area contributed by atoms with E-state index >= 15 is 0 Å². The lowest BCUT2D eigenvalue weighted by atomic mass is 10.0. The minimum atomic E-state index is -1.34. The Morgan fingerprint density at radius 3 is 2.62 bits per heavy atom. The first kappa shape index (κ1) is 16.8. The van der Waals surface area contributed by atoms with E-state index in [4.69, 9.17) is 27.6 Å². The highest BCUT2D eigenvalue weighted by atomic mass is 35.5. The lowest BCUT2D eigenvalue weighted by Crippen LogP contribution is -2.38. The van der Waals surface area contributed by atoms with E-state index in [-0.39, 0.29) is 12.5 Å². The van der Waals surface area contributed by atoms with Crippen LogP contribution in [0.2, 0.25) is 10.0 Å². The van der Waals surface area contributed by atoms with Crippen molar-refractivity contribution in [2.24, 2.45) is 0 Å². The summed E-state index contributed by atoms with van der Waals surface area (Å²) < 4.78 is 5.67. The molecule has 0 aliphatic rings. The van der Waals surface area contributed by atoms with Gasteiger partial charge in [-0.1, -0.05) is 41.4 Å². The molecule has 4 nitrogen and oxygen atoms in total. The Kier molecular flexibility index (Phi) is 4.54. The molecule has 1 heterocycles. The van der Waals surface area contributed by atoms with Crippen molar-refractivity contribution in [2.75, 3.05) is 6.54 Å². The van der Waals surface area contributed by atoms with Crippen molar-refractivity contribution in [3.05, 3.63) is 69.9 Å². The van der Waals surface area contributed by atoms with Crippen molar-refractivity contribution in [1.29, 1.82) is 0 Å². The van der Waals surface area contributed by atoms with Gasteiger partial charge in [-0.15, -0.1) is 0 Å². The number of rotatable bonds is 4. The lowest BCUT2D eigenvalue weighted by Gasteiger charge is -2.21. The molecular weight excluding hydrogens is 349 g/mol. The van der Waals surface area contributed by atoms with Crippen molar-refractivity contribution in [1.82, 2.24) is 5.32 Å². The van der Waals surface area contributed by atoms with E-state index in [0.717, 1.165) is 5.39 Å². The van der Waals surface area contributed by atoms with Crippen molar-refractivity contribution >= 4 is 40.1 Å². The minimum Gasteiger partial charge on any atom is -0.458 e. The van der Waals surface area contributed by atoms with Gasteiger partial charge < -0.3 is 14.8 Å². The molecule has 24 heavy (non-hydrogen) atoms. The first-order valence-electron chi connectivity index (χ1n) is 7.31. The van der Waals surface area contributed by atoms with Crippen LogP contribution >= 0.6 is 23.2 Å². The molecule has 0 fully saturated rings. The summed E-state index contributed by atoms with van der Waals surface area (Å²) in [7, 11) is 0. The average Bonchev–Trinajstić information content (AvgIpc) is 3.00. The Bertz CT molecular complexity index is 869. The Hall–Kier alpha value is -2.01. The fourth-order valence-electron chi connectivity index (χ4n) is 2.33. The zero-order valence-electron chi connectivity index (χ0n) is 12.8. The van der Waals surface area contributed by atoms with Crippen LogP contribution in [0.25, 0.3) is 11.0 Å². The first-order chi connectivity index (χ1) is 11.4. The summed E-state index contributed by atoms with van der Waals surface area (Å²) in [5.74, 6) is 0.0306. The number of para-hydroxylation sites is 1. The molecule has 3 aromatic rings. The maximum Gasteiger partial charge on any atom is 0.251 e. The molecule has 0 saturated carbocycles. The van der Waals surface area contributed by atoms with Crippen molar-refractivity contribution in [3.8, 4) is 0 Å². The molecular formula is C18H15Cl2NO3. The number of carbonyl (C=O) groups excluding carboxylic acids is 1. The molecule has 0 saturated heterocycles. The molecule has 0 spiro atoms. The van der Waals surface area contributed by atoms with Gasteiger partial charge >= 0.3 is 0 Å². The number of hydrogen-bond acceptors (Lipinski definition) is 3. The van der Waals surface area contributed by atoms with Gasteiger partial charge in [0.25, 0.3) is 5.91 Å². The third-order valence-corrected chi connectivity index (χ3v) is 4.47. The number of aliphatic hydroxyl groups is 1. The molecule has 0 aliphatic heterocycles. The van der Waals surface area contributed by atoms with E-state index < -0.39 is 5.60 Å². The van der Waals surface area contributed by atoms with Gasteiger partial charge in [-0.2, -0.15) is 0 Å². The summed E-state index contributed by atoms with van der Waals surface area (Å²) in [5, 5.41) is 14.9. The Morgan fingerprint density at radius 2 is 1.92 bits per heavy atom. The molecule has 0 unspecified atom stereocenters. The van der Waals surface area contributed by atoms with Gasteiger partial charge in [0.1, 0.15) is 16.9 Å². The average molecular weight is 364 g/mol. The van der Waals surface area contributed by atoms with Crippen LogP contribution in [0.1, 0.15) is 23.0 Å². The van der Waals surface area contributed by atoms with E-state index in [1.165, 1.54) is 6.07 Å². The van der Waals surface area contributed by atoms with Crippen LogP contribution in [0.15, 0.2) is 52.9 Å². The third kappa shape index (κ3) is 3.41. The van der Waals surface area contributed by atoms with Crippen LogP contribution in [-0.2, 0) is 5.60 Å². The highest BCUT2D eigenvalue weighted by molar-refractivity contribution is 6.42. The van der Waals surface area contributed by atoms with Crippen molar-refractivity contribution < 1.29 is 14.3 Å². The molecule has 0 aliphatic carbocycles. The molecule has 2 N–H and O–H groups in total. The van der Waals surface area contributed by atoms with Crippen LogP contribution in [0.4, 0.5) is 0 Å². The Morgan fingerprint density at radius 1 is 1.17 bits per heavy atom. The monoisotopic (exact) mass is 363 g/mol. The van der Waals surface area contributed by atoms with Gasteiger partial charge in [0.2, 0.25) is 0 Å². The number of halogens is 2. The van der Waals surface area contributed by atoms with E-state index in [9.17, 15) is 9.90 Å². The smallest absolute Gasteiger partial charge is 0.251 e. The van der Waals surface area contributed by atoms with Gasteiger partial charge in [0.05, 0.1) is 16.6 Å². The number of nitrogens with one attached hydrogen (secondary N) is 1. The predicted octanol–water partition coefficient (Wildman–Crippen LogP) is 4.38. The molecule has 1 aromatic heterocycles. The van der Waals surface area contributed by atoms with E-state index in [2.05, 4.69) is 5.32 Å². The maximum absolute atomic E-state index is 12.2. The molecule has 3 rings (SSSR count). The molecule has 0 radical (unpaired) electrons. The van der Waals surface area contributed by atoms with Gasteiger partial charge in [-0.05, 0) is 37.3 Å². The molecule has 1 amide bonds. The fraction of sp³-hybridized carbons (Fsp3) is 0.167. The molecule has 124 valence electrons. The zero-order chi connectivity index (χ0) is 17.3. The highest BCUT2D eigenvalue weighted by Crippen LogP contribution is 2.28. The van der Waals surface area contributed by atoms with Crippen LogP contribution in [0.5, 0.6) is 0 Å². The quantitative estimate of drug-likeness (QED) is 0.722. The number of amides is 1. The van der Waals surface area contributed by atoms with Crippen LogP contribution < -0.4 is 5.32 Å². The van der Waals surface area contributed by atoms with E-state index in [0.29, 0.717) is 27.0 Å². The summed E-state index contributed by atoms with van der Waals surface area (Å²) in [6.45, 7) is 1.58. The second-order valence-corrected chi connectivity index (χ2v) is 6.55. The molecule has 0 bridgehead atoms. The van der Waals surface area contributed by atoms with Crippen molar-refractivity contribution in [2.45, 2.75) is 12.5 Å². The maximum atomic E-state index is 12.2. The van der Waals surface area contributed by atoms with Gasteiger partial charge in [-0.3, -0.25) is 4.79 Å². The van der Waals surface area contributed by atoms with Gasteiger partial charge in [0, 0.05) is 10.9 Å². The van der Waals surface area contributed by atoms with Crippen LogP contribution in [0, 0.1) is 0 Å². The fourth-order valence-corrected chi connectivity index (χ4v) is 2.62. The van der Waals surface area contributed by atoms with Gasteiger partial charge in [-0.25, -0.2) is 0 Å². The largest absolute Gasteiger partial charge is 0.458 e. The predicted molar refractivity (Wildman–Crippen MR) is 94.6 cm³/mol. The SMILES string of the molecule is C[C@](O)(CNC(=O)c1ccc(Cl)c(Cl)c1)c1cc2ccccc2o1. The zero-order valence-corrected chi connectivity index (χ0v) is 14.4. The highest BCUT2D eigenvalue weighted by Gasteiger charge is 2.28. The normalized spacial score (nSPS) is 13.7. The van der Waals surface area contributed by atoms with Crippen molar-refractivity contribution in [3.63, 3.8) is 0 Å². The summed E-state index contributed by atoms with van der Waals surface area (Å²) in [5.41, 5.74) is -0.293. The van der Waals surface area contributed by atoms with Gasteiger partial charge in [0.15, 0.2) is 0 Å². The second-order valence-electron chi connectivity index (χ2n) is 5.73. The minimum absolute atomic E-state index is 0.00804. The van der Waals surface area contributed by atoms with E-state index in [1.807, 2.05) is 24.3 Å². The first-order valence-corrected chi connectivity index (χ1v) is 8.07. The van der Waals surface area contributed by atoms with E-state index in [1.54, 1.807) is 25.1 Å². The third-order valence-electron chi connectivity index (χ3n) is 3.73. The topological polar surface area (TPSA) is 62.5 Å². The van der Waals surface area contributed by atoms with Crippen LogP contribution in [0.3, 0.4) is 0 Å². The summed E-state index contributed by atoms with van der Waals surface area (Å²) in [6.07, 6.45) is 0. The Labute approximate surface area is 149 Å². The molecule has 1 atom stereocenters. The summed E-state index contributed by atoms with van der Waals surface area (Å²) in [6, 6.07) is 13.8. The molecule has 6 heteroatoms. The Balaban J connectivity index is 1.74. The van der Waals surface area contributed by atoms with Crippen LogP contribution in [-0.4, -0.2) is 17.6 Å². The lowest BCUT2D eigenvalue weighted by molar-refractivity contribution is 0.0344. The number of hydrogen-bond donors (Lipinski definition) is 2. The summed E-state index contributed by atoms with van der Waals surface area (Å²) >= 11 is 11.8. The second kappa shape index (κ2) is 6.48. The standard InChI is InChI=1S/C18H15Cl2NO3/c1-18(23,16-9-11-4-2-3-5-15(11)24-16)10-21-17(22)12-6-7-13(19)14(20)8-12/h2-9,23H,10H2,1H3,(H,21,22)/t18-/m0/s1. The summed E-state index contributed by atoms with van der Waals surface area (Å²) in [4.78, 5) is 12.2.